The molecule has 1 saturated heterocycles. The molecule has 1 atom stereocenters. The van der Waals surface area contributed by atoms with Crippen LogP contribution < -0.4 is 4.74 Å². The highest BCUT2D eigenvalue weighted by Gasteiger charge is 2.30. The van der Waals surface area contributed by atoms with Crippen molar-refractivity contribution in [3.8, 4) is 5.75 Å². The molecule has 1 aromatic carbocycles. The fourth-order valence-corrected chi connectivity index (χ4v) is 3.50. The number of carbonyl (C=O) groups is 1. The van der Waals surface area contributed by atoms with E-state index in [0.717, 1.165) is 17.4 Å². The molecule has 0 saturated carbocycles. The first-order valence-corrected chi connectivity index (χ1v) is 8.76. The van der Waals surface area contributed by atoms with E-state index in [1.807, 2.05) is 22.9 Å². The number of methoxy groups -OCH3 is 1. The lowest BCUT2D eigenvalue weighted by atomic mass is 10.0. The number of hydrogen-bond acceptors (Lipinski definition) is 5. The van der Waals surface area contributed by atoms with Gasteiger partial charge in [0.25, 0.3) is 0 Å². The van der Waals surface area contributed by atoms with Gasteiger partial charge in [-0.3, -0.25) is 14.7 Å². The van der Waals surface area contributed by atoms with Gasteiger partial charge in [-0.15, -0.1) is 0 Å². The number of ether oxygens (including phenoxy) is 1. The van der Waals surface area contributed by atoms with Crippen LogP contribution in [0.5, 0.6) is 5.75 Å². The van der Waals surface area contributed by atoms with E-state index in [-0.39, 0.29) is 5.82 Å². The van der Waals surface area contributed by atoms with Gasteiger partial charge in [0.2, 0.25) is 0 Å². The average Bonchev–Trinajstić information content (AvgIpc) is 2.64. The minimum absolute atomic E-state index is 0.334. The number of nitrogens with zero attached hydrogens (tertiary/aromatic N) is 3. The molecule has 1 aromatic heterocycles. The van der Waals surface area contributed by atoms with Crippen molar-refractivity contribution in [3.05, 3.63) is 35.8 Å². The van der Waals surface area contributed by atoms with Gasteiger partial charge in [0.05, 0.1) is 18.8 Å². The van der Waals surface area contributed by atoms with E-state index in [0.29, 0.717) is 43.8 Å². The summed E-state index contributed by atoms with van der Waals surface area (Å²) in [5.74, 6) is -0.475. The van der Waals surface area contributed by atoms with Crippen LogP contribution in [0.1, 0.15) is 12.0 Å². The number of benzene rings is 1. The second-order valence-corrected chi connectivity index (χ2v) is 6.72. The standard InChI is InChI=1S/C19H24FN3O3/c1-22-8-9-23(18(12-22)19(24)25)7-3-4-14-15-10-13(26-2)5-6-17(15)21-11-16(14)20/h5-6,10-11,18H,3-4,7-9,12H2,1-2H3,(H,24,25). The maximum Gasteiger partial charge on any atom is 0.322 e. The van der Waals surface area contributed by atoms with Crippen molar-refractivity contribution in [1.29, 1.82) is 0 Å². The number of pyridine rings is 1. The molecular weight excluding hydrogens is 337 g/mol. The number of rotatable bonds is 6. The van der Waals surface area contributed by atoms with Crippen LogP contribution in [0.2, 0.25) is 0 Å². The molecular formula is C19H24FN3O3. The van der Waals surface area contributed by atoms with Crippen LogP contribution in [0.25, 0.3) is 10.9 Å². The Bertz CT molecular complexity index is 799. The zero-order chi connectivity index (χ0) is 18.7. The molecule has 0 bridgehead atoms. The first-order chi connectivity index (χ1) is 12.5. The van der Waals surface area contributed by atoms with E-state index >= 15 is 0 Å². The third-order valence-corrected chi connectivity index (χ3v) is 4.99. The Kier molecular flexibility index (Phi) is 5.68. The molecule has 2 heterocycles. The van der Waals surface area contributed by atoms with Crippen LogP contribution >= 0.6 is 0 Å². The zero-order valence-corrected chi connectivity index (χ0v) is 15.1. The maximum atomic E-state index is 14.4. The topological polar surface area (TPSA) is 65.9 Å². The lowest BCUT2D eigenvalue weighted by Crippen LogP contribution is -2.55. The summed E-state index contributed by atoms with van der Waals surface area (Å²) in [5.41, 5.74) is 1.33. The molecule has 2 aromatic rings. The van der Waals surface area contributed by atoms with Gasteiger partial charge < -0.3 is 14.7 Å². The average molecular weight is 361 g/mol. The number of piperazine rings is 1. The summed E-state index contributed by atoms with van der Waals surface area (Å²) in [5, 5.41) is 10.2. The van der Waals surface area contributed by atoms with E-state index in [4.69, 9.17) is 4.74 Å². The Hall–Kier alpha value is -2.25. The fraction of sp³-hybridized carbons (Fsp3) is 0.474. The normalized spacial score (nSPS) is 19.0. The maximum absolute atomic E-state index is 14.4. The number of likely N-dealkylation sites (N-methyl/N-ethyl adjacent to an activating group) is 1. The number of aliphatic carboxylic acids is 1. The number of hydrogen-bond donors (Lipinski definition) is 1. The monoisotopic (exact) mass is 361 g/mol. The molecule has 1 fully saturated rings. The lowest BCUT2D eigenvalue weighted by Gasteiger charge is -2.37. The second-order valence-electron chi connectivity index (χ2n) is 6.72. The van der Waals surface area contributed by atoms with Crippen molar-refractivity contribution in [2.45, 2.75) is 18.9 Å². The number of fused-ring (bicyclic) bond motifs is 1. The predicted molar refractivity (Wildman–Crippen MR) is 97.1 cm³/mol. The first-order valence-electron chi connectivity index (χ1n) is 8.76. The number of aryl methyl sites for hydroxylation is 1. The zero-order valence-electron chi connectivity index (χ0n) is 15.1. The van der Waals surface area contributed by atoms with Gasteiger partial charge in [-0.1, -0.05) is 0 Å². The van der Waals surface area contributed by atoms with Gasteiger partial charge in [0.1, 0.15) is 17.6 Å². The van der Waals surface area contributed by atoms with Crippen LogP contribution in [0.15, 0.2) is 24.4 Å². The molecule has 0 amide bonds. The Morgan fingerprint density at radius 2 is 2.23 bits per heavy atom. The number of aromatic nitrogens is 1. The lowest BCUT2D eigenvalue weighted by molar-refractivity contribution is -0.145. The molecule has 3 rings (SSSR count). The van der Waals surface area contributed by atoms with Crippen LogP contribution in [0.4, 0.5) is 4.39 Å². The van der Waals surface area contributed by atoms with Crippen molar-refractivity contribution in [1.82, 2.24) is 14.8 Å². The Morgan fingerprint density at radius 3 is 2.96 bits per heavy atom. The van der Waals surface area contributed by atoms with Gasteiger partial charge in [-0.25, -0.2) is 4.39 Å². The van der Waals surface area contributed by atoms with Crippen LogP contribution in [0.3, 0.4) is 0 Å². The van der Waals surface area contributed by atoms with Crippen LogP contribution in [-0.2, 0) is 11.2 Å². The van der Waals surface area contributed by atoms with Gasteiger partial charge in [0, 0.05) is 25.0 Å². The summed E-state index contributed by atoms with van der Waals surface area (Å²) >= 11 is 0. The molecule has 1 N–H and O–H groups in total. The van der Waals surface area contributed by atoms with Crippen molar-refractivity contribution in [3.63, 3.8) is 0 Å². The van der Waals surface area contributed by atoms with E-state index in [9.17, 15) is 14.3 Å². The highest BCUT2D eigenvalue weighted by molar-refractivity contribution is 5.83. The largest absolute Gasteiger partial charge is 0.497 e. The van der Waals surface area contributed by atoms with E-state index < -0.39 is 12.0 Å². The van der Waals surface area contributed by atoms with Crippen molar-refractivity contribution < 1.29 is 19.0 Å². The van der Waals surface area contributed by atoms with E-state index in [2.05, 4.69) is 4.98 Å². The third-order valence-electron chi connectivity index (χ3n) is 4.99. The Morgan fingerprint density at radius 1 is 1.42 bits per heavy atom. The molecule has 1 aliphatic rings. The SMILES string of the molecule is COc1ccc2ncc(F)c(CCCN3CCN(C)CC3C(=O)O)c2c1. The van der Waals surface area contributed by atoms with Crippen molar-refractivity contribution in [2.75, 3.05) is 40.3 Å². The van der Waals surface area contributed by atoms with Gasteiger partial charge in [-0.05, 0) is 50.2 Å². The molecule has 1 unspecified atom stereocenters. The number of carboxylic acids is 1. The van der Waals surface area contributed by atoms with Gasteiger partial charge in [-0.2, -0.15) is 0 Å². The van der Waals surface area contributed by atoms with E-state index in [1.54, 1.807) is 19.2 Å². The molecule has 0 aliphatic carbocycles. The molecule has 26 heavy (non-hydrogen) atoms. The van der Waals surface area contributed by atoms with Gasteiger partial charge >= 0.3 is 5.97 Å². The molecule has 6 nitrogen and oxygen atoms in total. The van der Waals surface area contributed by atoms with Crippen LogP contribution in [-0.4, -0.2) is 72.2 Å². The molecule has 1 aliphatic heterocycles. The third kappa shape index (κ3) is 3.94. The Labute approximate surface area is 152 Å². The highest BCUT2D eigenvalue weighted by Crippen LogP contribution is 2.25. The van der Waals surface area contributed by atoms with Crippen molar-refractivity contribution in [2.24, 2.45) is 0 Å². The summed E-state index contributed by atoms with van der Waals surface area (Å²) in [6.07, 6.45) is 2.46. The molecule has 0 radical (unpaired) electrons. The summed E-state index contributed by atoms with van der Waals surface area (Å²) in [6, 6.07) is 4.92. The number of halogens is 1. The summed E-state index contributed by atoms with van der Waals surface area (Å²) < 4.78 is 19.6. The van der Waals surface area contributed by atoms with Gasteiger partial charge in [0.15, 0.2) is 0 Å². The second kappa shape index (κ2) is 7.97. The minimum atomic E-state index is -0.804. The predicted octanol–water partition coefficient (Wildman–Crippen LogP) is 2.02. The number of carboxylic acid groups (broad SMARTS) is 1. The molecule has 140 valence electrons. The highest BCUT2D eigenvalue weighted by atomic mass is 19.1. The molecule has 7 heteroatoms. The van der Waals surface area contributed by atoms with Crippen molar-refractivity contribution >= 4 is 16.9 Å². The smallest absolute Gasteiger partial charge is 0.322 e. The summed E-state index contributed by atoms with van der Waals surface area (Å²) in [7, 11) is 3.51. The molecule has 0 spiro atoms. The summed E-state index contributed by atoms with van der Waals surface area (Å²) in [4.78, 5) is 19.6. The fourth-order valence-electron chi connectivity index (χ4n) is 3.50. The quantitative estimate of drug-likeness (QED) is 0.849. The van der Waals surface area contributed by atoms with E-state index in [1.165, 1.54) is 6.20 Å². The first kappa shape index (κ1) is 18.5. The Balaban J connectivity index is 1.73. The minimum Gasteiger partial charge on any atom is -0.497 e. The summed E-state index contributed by atoms with van der Waals surface area (Å²) in [6.45, 7) is 2.69. The van der Waals surface area contributed by atoms with Crippen LogP contribution in [0, 0.1) is 5.82 Å².